The first-order chi connectivity index (χ1) is 7.42. The average molecular weight is 217 g/mol. The van der Waals surface area contributed by atoms with Crippen molar-refractivity contribution in [2.45, 2.75) is 31.8 Å². The van der Waals surface area contributed by atoms with Crippen molar-refractivity contribution < 1.29 is 0 Å². The van der Waals surface area contributed by atoms with Gasteiger partial charge in [0.1, 0.15) is 0 Å². The molecule has 0 saturated heterocycles. The fourth-order valence-corrected chi connectivity index (χ4v) is 3.00. The standard InChI is InChI=1S/C13H15NS/c1-2-7-13-10(4-1)8-12(15-13)9-14-11-5-3-6-11/h1-2,4,7-8,11,14H,3,5-6,9H2. The molecule has 1 aromatic heterocycles. The van der Waals surface area contributed by atoms with Crippen LogP contribution in [0.4, 0.5) is 0 Å². The van der Waals surface area contributed by atoms with Crippen LogP contribution in [0.2, 0.25) is 0 Å². The van der Waals surface area contributed by atoms with Gasteiger partial charge in [0.2, 0.25) is 0 Å². The van der Waals surface area contributed by atoms with Crippen molar-refractivity contribution in [3.05, 3.63) is 35.2 Å². The molecule has 0 spiro atoms. The summed E-state index contributed by atoms with van der Waals surface area (Å²) in [5.41, 5.74) is 0. The summed E-state index contributed by atoms with van der Waals surface area (Å²) in [5.74, 6) is 0. The summed E-state index contributed by atoms with van der Waals surface area (Å²) in [6.07, 6.45) is 4.14. The molecule has 1 nitrogen and oxygen atoms in total. The third kappa shape index (κ3) is 1.92. The van der Waals surface area contributed by atoms with E-state index < -0.39 is 0 Å². The van der Waals surface area contributed by atoms with E-state index in [0.29, 0.717) is 0 Å². The topological polar surface area (TPSA) is 12.0 Å². The predicted octanol–water partition coefficient (Wildman–Crippen LogP) is 3.54. The fraction of sp³-hybridized carbons (Fsp3) is 0.385. The van der Waals surface area contributed by atoms with E-state index in [1.807, 2.05) is 11.3 Å². The number of rotatable bonds is 3. The molecule has 1 fully saturated rings. The molecule has 0 aliphatic heterocycles. The molecule has 0 radical (unpaired) electrons. The smallest absolute Gasteiger partial charge is 0.0346 e. The summed E-state index contributed by atoms with van der Waals surface area (Å²) in [6, 6.07) is 11.7. The Bertz CT molecular complexity index is 423. The zero-order valence-electron chi connectivity index (χ0n) is 8.70. The summed E-state index contributed by atoms with van der Waals surface area (Å²) >= 11 is 1.91. The van der Waals surface area contributed by atoms with Crippen molar-refractivity contribution in [3.63, 3.8) is 0 Å². The van der Waals surface area contributed by atoms with Crippen molar-refractivity contribution in [1.82, 2.24) is 5.32 Å². The van der Waals surface area contributed by atoms with Crippen molar-refractivity contribution in [2.24, 2.45) is 0 Å². The lowest BCUT2D eigenvalue weighted by Gasteiger charge is -2.26. The Morgan fingerprint density at radius 1 is 1.27 bits per heavy atom. The Balaban J connectivity index is 1.73. The molecular formula is C13H15NS. The molecular weight excluding hydrogens is 202 g/mol. The zero-order valence-corrected chi connectivity index (χ0v) is 9.52. The molecule has 1 saturated carbocycles. The SMILES string of the molecule is c1ccc2sc(CNC3CCC3)cc2c1. The first-order valence-corrected chi connectivity index (χ1v) is 6.44. The second-order valence-corrected chi connectivity index (χ2v) is 5.43. The molecule has 1 N–H and O–H groups in total. The molecule has 1 aromatic carbocycles. The zero-order chi connectivity index (χ0) is 10.1. The van der Waals surface area contributed by atoms with Gasteiger partial charge in [-0.15, -0.1) is 11.3 Å². The maximum absolute atomic E-state index is 3.61. The van der Waals surface area contributed by atoms with Gasteiger partial charge in [-0.3, -0.25) is 0 Å². The molecule has 3 rings (SSSR count). The van der Waals surface area contributed by atoms with Gasteiger partial charge >= 0.3 is 0 Å². The van der Waals surface area contributed by atoms with Gasteiger partial charge in [0.15, 0.2) is 0 Å². The second kappa shape index (κ2) is 3.95. The first kappa shape index (κ1) is 9.37. The lowest BCUT2D eigenvalue weighted by atomic mass is 9.93. The maximum Gasteiger partial charge on any atom is 0.0346 e. The van der Waals surface area contributed by atoms with E-state index in [1.54, 1.807) is 0 Å². The normalized spacial score (nSPS) is 16.8. The highest BCUT2D eigenvalue weighted by molar-refractivity contribution is 7.19. The molecule has 15 heavy (non-hydrogen) atoms. The van der Waals surface area contributed by atoms with Crippen molar-refractivity contribution in [2.75, 3.05) is 0 Å². The van der Waals surface area contributed by atoms with Gasteiger partial charge in [0, 0.05) is 22.2 Å². The third-order valence-electron chi connectivity index (χ3n) is 3.15. The Labute approximate surface area is 94.1 Å². The Kier molecular flexibility index (Phi) is 2.47. The second-order valence-electron chi connectivity index (χ2n) is 4.26. The van der Waals surface area contributed by atoms with E-state index in [4.69, 9.17) is 0 Å². The summed E-state index contributed by atoms with van der Waals surface area (Å²) in [6.45, 7) is 1.05. The van der Waals surface area contributed by atoms with Crippen molar-refractivity contribution >= 4 is 21.4 Å². The van der Waals surface area contributed by atoms with Gasteiger partial charge in [-0.1, -0.05) is 24.6 Å². The van der Waals surface area contributed by atoms with Crippen LogP contribution in [-0.2, 0) is 6.54 Å². The summed E-state index contributed by atoms with van der Waals surface area (Å²) in [4.78, 5) is 1.46. The van der Waals surface area contributed by atoms with Crippen LogP contribution < -0.4 is 5.32 Å². The van der Waals surface area contributed by atoms with Crippen LogP contribution in [0.15, 0.2) is 30.3 Å². The van der Waals surface area contributed by atoms with E-state index in [-0.39, 0.29) is 0 Å². The number of benzene rings is 1. The fourth-order valence-electron chi connectivity index (χ4n) is 1.98. The molecule has 1 aliphatic rings. The molecule has 0 bridgehead atoms. The van der Waals surface area contributed by atoms with E-state index in [2.05, 4.69) is 35.6 Å². The van der Waals surface area contributed by atoms with E-state index >= 15 is 0 Å². The van der Waals surface area contributed by atoms with Crippen LogP contribution in [0.3, 0.4) is 0 Å². The molecule has 0 unspecified atom stereocenters. The van der Waals surface area contributed by atoms with Crippen molar-refractivity contribution in [1.29, 1.82) is 0 Å². The Morgan fingerprint density at radius 2 is 2.13 bits per heavy atom. The maximum atomic E-state index is 3.61. The van der Waals surface area contributed by atoms with Crippen LogP contribution in [-0.4, -0.2) is 6.04 Å². The van der Waals surface area contributed by atoms with Crippen LogP contribution in [0.1, 0.15) is 24.1 Å². The molecule has 0 amide bonds. The average Bonchev–Trinajstić information content (AvgIpc) is 2.57. The molecule has 1 aliphatic carbocycles. The largest absolute Gasteiger partial charge is 0.309 e. The highest BCUT2D eigenvalue weighted by Gasteiger charge is 2.16. The Hall–Kier alpha value is -0.860. The van der Waals surface area contributed by atoms with Gasteiger partial charge in [-0.2, -0.15) is 0 Å². The van der Waals surface area contributed by atoms with Gasteiger partial charge in [0.05, 0.1) is 0 Å². The molecule has 0 atom stereocenters. The lowest BCUT2D eigenvalue weighted by molar-refractivity contribution is 0.339. The third-order valence-corrected chi connectivity index (χ3v) is 4.26. The number of nitrogens with one attached hydrogen (secondary N) is 1. The highest BCUT2D eigenvalue weighted by Crippen LogP contribution is 2.26. The van der Waals surface area contributed by atoms with Gasteiger partial charge in [-0.25, -0.2) is 0 Å². The quantitative estimate of drug-likeness (QED) is 0.829. The van der Waals surface area contributed by atoms with Gasteiger partial charge < -0.3 is 5.32 Å². The molecule has 1 heterocycles. The minimum atomic E-state index is 0.787. The minimum Gasteiger partial charge on any atom is -0.309 e. The van der Waals surface area contributed by atoms with Crippen molar-refractivity contribution in [3.8, 4) is 0 Å². The molecule has 2 heteroatoms. The van der Waals surface area contributed by atoms with E-state index in [9.17, 15) is 0 Å². The highest BCUT2D eigenvalue weighted by atomic mass is 32.1. The number of thiophene rings is 1. The number of hydrogen-bond acceptors (Lipinski definition) is 2. The minimum absolute atomic E-state index is 0.787. The summed E-state index contributed by atoms with van der Waals surface area (Å²) in [5, 5.41) is 4.99. The number of hydrogen-bond donors (Lipinski definition) is 1. The van der Waals surface area contributed by atoms with E-state index in [1.165, 1.54) is 34.2 Å². The van der Waals surface area contributed by atoms with Crippen LogP contribution in [0.5, 0.6) is 0 Å². The van der Waals surface area contributed by atoms with Crippen LogP contribution in [0, 0.1) is 0 Å². The monoisotopic (exact) mass is 217 g/mol. The Morgan fingerprint density at radius 3 is 2.87 bits per heavy atom. The first-order valence-electron chi connectivity index (χ1n) is 5.63. The molecule has 78 valence electrons. The summed E-state index contributed by atoms with van der Waals surface area (Å²) < 4.78 is 1.41. The van der Waals surface area contributed by atoms with Crippen LogP contribution in [0.25, 0.3) is 10.1 Å². The van der Waals surface area contributed by atoms with Gasteiger partial charge in [-0.05, 0) is 30.4 Å². The molecule has 2 aromatic rings. The van der Waals surface area contributed by atoms with E-state index in [0.717, 1.165) is 12.6 Å². The van der Waals surface area contributed by atoms with Crippen LogP contribution >= 0.6 is 11.3 Å². The summed E-state index contributed by atoms with van der Waals surface area (Å²) in [7, 11) is 0. The van der Waals surface area contributed by atoms with Gasteiger partial charge in [0.25, 0.3) is 0 Å². The number of fused-ring (bicyclic) bond motifs is 1. The predicted molar refractivity (Wildman–Crippen MR) is 66.3 cm³/mol. The lowest BCUT2D eigenvalue weighted by Crippen LogP contribution is -2.34.